The Kier molecular flexibility index (Phi) is 5.36. The van der Waals surface area contributed by atoms with Crippen molar-refractivity contribution in [3.63, 3.8) is 0 Å². The molecule has 5 nitrogen and oxygen atoms in total. The van der Waals surface area contributed by atoms with Gasteiger partial charge in [-0.05, 0) is 73.0 Å². The molecule has 2 fully saturated rings. The molecule has 0 bridgehead atoms. The Balaban J connectivity index is 1.05. The predicted octanol–water partition coefficient (Wildman–Crippen LogP) is 4.15. The maximum Gasteiger partial charge on any atom is 0.270 e. The Morgan fingerprint density at radius 2 is 1.56 bits per heavy atom. The van der Waals surface area contributed by atoms with E-state index in [0.29, 0.717) is 6.04 Å². The molecule has 1 N–H and O–H groups in total. The summed E-state index contributed by atoms with van der Waals surface area (Å²) >= 11 is 5.84. The zero-order chi connectivity index (χ0) is 23.3. The molecule has 2 aromatic carbocycles. The maximum absolute atomic E-state index is 13.3. The van der Waals surface area contributed by atoms with Crippen LogP contribution in [0.5, 0.6) is 0 Å². The number of aromatic nitrogens is 1. The average molecular weight is 473 g/mol. The highest BCUT2D eigenvalue weighted by Gasteiger charge is 2.42. The molecule has 0 saturated carbocycles. The van der Waals surface area contributed by atoms with Crippen molar-refractivity contribution in [3.05, 3.63) is 71.4 Å². The van der Waals surface area contributed by atoms with Crippen LogP contribution in [0.2, 0.25) is 0 Å². The molecule has 3 aromatic rings. The zero-order valence-electron chi connectivity index (χ0n) is 19.8. The first-order chi connectivity index (χ1) is 16.5. The smallest absolute Gasteiger partial charge is 0.270 e. The van der Waals surface area contributed by atoms with Gasteiger partial charge in [-0.15, -0.1) is 0 Å². The topological polar surface area (TPSA) is 40.5 Å². The number of aryl methyl sites for hydroxylation is 1. The number of rotatable bonds is 2. The average Bonchev–Trinajstić information content (AvgIpc) is 3.55. The first kappa shape index (κ1) is 21.7. The summed E-state index contributed by atoms with van der Waals surface area (Å²) in [6.45, 7) is 3.68. The highest BCUT2D eigenvalue weighted by molar-refractivity contribution is 7.80. The van der Waals surface area contributed by atoms with Crippen LogP contribution in [0.15, 0.2) is 54.6 Å². The summed E-state index contributed by atoms with van der Waals surface area (Å²) in [6, 6.07) is 19.4. The summed E-state index contributed by atoms with van der Waals surface area (Å²) in [6.07, 6.45) is 5.38. The highest BCUT2D eigenvalue weighted by Crippen LogP contribution is 2.41. The van der Waals surface area contributed by atoms with E-state index >= 15 is 0 Å². The van der Waals surface area contributed by atoms with E-state index in [4.69, 9.17) is 12.2 Å². The normalized spacial score (nSPS) is 19.7. The van der Waals surface area contributed by atoms with E-state index in [2.05, 4.69) is 51.5 Å². The van der Waals surface area contributed by atoms with Gasteiger partial charge in [-0.3, -0.25) is 4.79 Å². The molecular formula is C28H32N4OS. The molecule has 2 aliphatic heterocycles. The molecular weight excluding hydrogens is 440 g/mol. The molecule has 1 aliphatic carbocycles. The lowest BCUT2D eigenvalue weighted by molar-refractivity contribution is 0.0590. The third-order valence-corrected chi connectivity index (χ3v) is 8.76. The summed E-state index contributed by atoms with van der Waals surface area (Å²) in [5, 5.41) is 5.68. The summed E-state index contributed by atoms with van der Waals surface area (Å²) < 4.78 is 2.03. The number of nitrogens with one attached hydrogen (secondary N) is 1. The van der Waals surface area contributed by atoms with Crippen molar-refractivity contribution in [2.75, 3.05) is 26.2 Å². The number of piperidine rings is 1. The van der Waals surface area contributed by atoms with Crippen LogP contribution in [0.3, 0.4) is 0 Å². The second-order valence-electron chi connectivity index (χ2n) is 10.4. The minimum atomic E-state index is 0.154. The fraction of sp³-hybridized carbons (Fsp3) is 0.429. The number of carbonyl (C=O) groups is 1. The number of carbonyl (C=O) groups excluding carboxylic acids is 1. The lowest BCUT2D eigenvalue weighted by Gasteiger charge is -2.39. The molecule has 0 atom stereocenters. The molecule has 0 unspecified atom stereocenters. The quantitative estimate of drug-likeness (QED) is 0.569. The standard InChI is InChI=1S/C28H32N4OS/c1-30-24-9-5-4-8-22(24)18-25(30)26(33)31-13-10-28(11-14-31)12-15-32(19-28)27(34)29-23-16-20-6-2-3-7-21(20)17-23/h2-9,18,23H,10-17,19H2,1H3,(H,29,34). The molecule has 176 valence electrons. The fourth-order valence-electron chi connectivity index (χ4n) is 6.28. The molecule has 2 saturated heterocycles. The molecule has 6 heteroatoms. The van der Waals surface area contributed by atoms with E-state index in [1.54, 1.807) is 0 Å². The van der Waals surface area contributed by atoms with E-state index in [9.17, 15) is 4.79 Å². The first-order valence-corrected chi connectivity index (χ1v) is 12.9. The lowest BCUT2D eigenvalue weighted by atomic mass is 9.77. The van der Waals surface area contributed by atoms with Gasteiger partial charge in [0.2, 0.25) is 0 Å². The van der Waals surface area contributed by atoms with Crippen molar-refractivity contribution in [2.45, 2.75) is 38.1 Å². The maximum atomic E-state index is 13.3. The number of fused-ring (bicyclic) bond motifs is 2. The minimum absolute atomic E-state index is 0.154. The van der Waals surface area contributed by atoms with Crippen LogP contribution in [-0.4, -0.2) is 57.6 Å². The number of para-hydroxylation sites is 1. The van der Waals surface area contributed by atoms with Crippen molar-refractivity contribution < 1.29 is 4.79 Å². The van der Waals surface area contributed by atoms with Crippen LogP contribution in [0, 0.1) is 5.41 Å². The molecule has 6 rings (SSSR count). The molecule has 1 aromatic heterocycles. The van der Waals surface area contributed by atoms with E-state index < -0.39 is 0 Å². The Labute approximate surface area is 206 Å². The number of hydrogen-bond acceptors (Lipinski definition) is 2. The number of nitrogens with zero attached hydrogens (tertiary/aromatic N) is 3. The van der Waals surface area contributed by atoms with Crippen LogP contribution < -0.4 is 5.32 Å². The van der Waals surface area contributed by atoms with Gasteiger partial charge >= 0.3 is 0 Å². The van der Waals surface area contributed by atoms with Crippen LogP contribution in [0.4, 0.5) is 0 Å². The van der Waals surface area contributed by atoms with Gasteiger partial charge in [0, 0.05) is 50.2 Å². The van der Waals surface area contributed by atoms with Crippen molar-refractivity contribution >= 4 is 34.1 Å². The SMILES string of the molecule is Cn1c(C(=O)N2CCC3(CC2)CCN(C(=S)NC2Cc4ccccc4C2)C3)cc2ccccc21. The molecule has 0 radical (unpaired) electrons. The van der Waals surface area contributed by atoms with Gasteiger partial charge in [0.15, 0.2) is 5.11 Å². The summed E-state index contributed by atoms with van der Waals surface area (Å²) in [7, 11) is 1.99. The molecule has 1 amide bonds. The van der Waals surface area contributed by atoms with Gasteiger partial charge in [0.05, 0.1) is 0 Å². The number of benzene rings is 2. The van der Waals surface area contributed by atoms with Gasteiger partial charge in [-0.1, -0.05) is 42.5 Å². The van der Waals surface area contributed by atoms with Crippen LogP contribution >= 0.6 is 12.2 Å². The van der Waals surface area contributed by atoms with Crippen molar-refractivity contribution in [1.82, 2.24) is 19.7 Å². The number of thiocarbonyl (C=S) groups is 1. The van der Waals surface area contributed by atoms with E-state index in [0.717, 1.165) is 80.0 Å². The molecule has 3 aliphatic rings. The monoisotopic (exact) mass is 472 g/mol. The Morgan fingerprint density at radius 1 is 0.941 bits per heavy atom. The Morgan fingerprint density at radius 3 is 2.24 bits per heavy atom. The van der Waals surface area contributed by atoms with Gasteiger partial charge in [0.1, 0.15) is 5.69 Å². The minimum Gasteiger partial charge on any atom is -0.359 e. The van der Waals surface area contributed by atoms with Crippen LogP contribution in [-0.2, 0) is 19.9 Å². The van der Waals surface area contributed by atoms with Crippen LogP contribution in [0.25, 0.3) is 10.9 Å². The van der Waals surface area contributed by atoms with Crippen molar-refractivity contribution in [2.24, 2.45) is 12.5 Å². The molecule has 1 spiro atoms. The van der Waals surface area contributed by atoms with Gasteiger partial charge in [-0.2, -0.15) is 0 Å². The van der Waals surface area contributed by atoms with E-state index in [-0.39, 0.29) is 11.3 Å². The largest absolute Gasteiger partial charge is 0.359 e. The van der Waals surface area contributed by atoms with Gasteiger partial charge in [-0.25, -0.2) is 0 Å². The number of amides is 1. The first-order valence-electron chi connectivity index (χ1n) is 12.5. The number of hydrogen-bond donors (Lipinski definition) is 1. The molecule has 34 heavy (non-hydrogen) atoms. The zero-order valence-corrected chi connectivity index (χ0v) is 20.6. The third-order valence-electron chi connectivity index (χ3n) is 8.39. The van der Waals surface area contributed by atoms with Gasteiger partial charge in [0.25, 0.3) is 5.91 Å². The molecule has 3 heterocycles. The summed E-state index contributed by atoms with van der Waals surface area (Å²) in [4.78, 5) is 17.7. The fourth-order valence-corrected chi connectivity index (χ4v) is 6.61. The summed E-state index contributed by atoms with van der Waals surface area (Å²) in [5.41, 5.74) is 5.07. The van der Waals surface area contributed by atoms with E-state index in [1.807, 2.05) is 29.8 Å². The lowest BCUT2D eigenvalue weighted by Crippen LogP contribution is -2.47. The van der Waals surface area contributed by atoms with Gasteiger partial charge < -0.3 is 19.7 Å². The van der Waals surface area contributed by atoms with Crippen molar-refractivity contribution in [1.29, 1.82) is 0 Å². The predicted molar refractivity (Wildman–Crippen MR) is 140 cm³/mol. The summed E-state index contributed by atoms with van der Waals surface area (Å²) in [5.74, 6) is 0.154. The Bertz CT molecular complexity index is 1230. The highest BCUT2D eigenvalue weighted by atomic mass is 32.1. The van der Waals surface area contributed by atoms with Crippen molar-refractivity contribution in [3.8, 4) is 0 Å². The van der Waals surface area contributed by atoms with Crippen LogP contribution in [0.1, 0.15) is 40.9 Å². The van der Waals surface area contributed by atoms with E-state index in [1.165, 1.54) is 11.1 Å². The third kappa shape index (κ3) is 3.78. The Hall–Kier alpha value is -2.86. The number of likely N-dealkylation sites (tertiary alicyclic amines) is 2. The second-order valence-corrected chi connectivity index (χ2v) is 10.8. The second kappa shape index (κ2) is 8.42.